The van der Waals surface area contributed by atoms with Gasteiger partial charge in [0.15, 0.2) is 0 Å². The van der Waals surface area contributed by atoms with Crippen molar-refractivity contribution < 1.29 is 9.59 Å². The molecule has 0 radical (unpaired) electrons. The minimum atomic E-state index is -0.140. The summed E-state index contributed by atoms with van der Waals surface area (Å²) in [6.07, 6.45) is 6.09. The largest absolute Gasteiger partial charge is 0.342 e. The fraction of sp³-hybridized carbons (Fsp3) is 0.913. The SMILES string of the molecule is CC.CC.CC(=O)C12CC(C(=O)N3CCC(CCN4CCNCC4)CC3)(C1)C2. The average Bonchev–Trinajstić information content (AvgIpc) is 2.68. The highest BCUT2D eigenvalue weighted by Crippen LogP contribution is 2.74. The van der Waals surface area contributed by atoms with Crippen LogP contribution in [-0.4, -0.2) is 67.3 Å². The molecule has 0 atom stereocenters. The molecule has 5 heteroatoms. The number of likely N-dealkylation sites (tertiary alicyclic amines) is 1. The summed E-state index contributed by atoms with van der Waals surface area (Å²) in [6, 6.07) is 0. The van der Waals surface area contributed by atoms with Crippen LogP contribution in [0.25, 0.3) is 0 Å². The molecule has 1 N–H and O–H groups in total. The van der Waals surface area contributed by atoms with Gasteiger partial charge in [-0.25, -0.2) is 0 Å². The van der Waals surface area contributed by atoms with E-state index in [0.717, 1.165) is 64.2 Å². The smallest absolute Gasteiger partial charge is 0.228 e. The average molecular weight is 394 g/mol. The summed E-state index contributed by atoms with van der Waals surface area (Å²) in [4.78, 5) is 29.1. The van der Waals surface area contributed by atoms with Crippen LogP contribution in [0.3, 0.4) is 0 Å². The second-order valence-electron chi connectivity index (χ2n) is 8.76. The summed E-state index contributed by atoms with van der Waals surface area (Å²) < 4.78 is 0. The maximum atomic E-state index is 12.8. The molecule has 5 aliphatic rings. The van der Waals surface area contributed by atoms with Gasteiger partial charge in [0, 0.05) is 44.7 Å². The third kappa shape index (κ3) is 4.62. The van der Waals surface area contributed by atoms with Gasteiger partial charge >= 0.3 is 0 Å². The molecule has 0 aromatic heterocycles. The van der Waals surface area contributed by atoms with E-state index in [0.29, 0.717) is 11.7 Å². The van der Waals surface area contributed by atoms with E-state index in [2.05, 4.69) is 15.1 Å². The van der Waals surface area contributed by atoms with Crippen LogP contribution in [0.5, 0.6) is 0 Å². The standard InChI is InChI=1S/C19H31N3O2.2C2H6/c1-15(23)18-12-19(13-18,14-18)17(24)22-8-3-16(4-9-22)2-7-21-10-5-20-6-11-21;2*1-2/h16,20H,2-14H2,1H3;2*1-2H3. The Labute approximate surface area is 172 Å². The lowest BCUT2D eigenvalue weighted by atomic mass is 9.33. The van der Waals surface area contributed by atoms with Crippen molar-refractivity contribution in [2.75, 3.05) is 45.8 Å². The van der Waals surface area contributed by atoms with Crippen LogP contribution in [0.4, 0.5) is 0 Å². The third-order valence-electron chi connectivity index (χ3n) is 7.20. The number of carbonyl (C=O) groups is 2. The third-order valence-corrected chi connectivity index (χ3v) is 7.20. The van der Waals surface area contributed by atoms with E-state index in [-0.39, 0.29) is 10.8 Å². The molecule has 0 aromatic carbocycles. The number of nitrogens with zero attached hydrogens (tertiary/aromatic N) is 2. The predicted molar refractivity (Wildman–Crippen MR) is 115 cm³/mol. The number of amides is 1. The van der Waals surface area contributed by atoms with Crippen LogP contribution in [0.15, 0.2) is 0 Å². The van der Waals surface area contributed by atoms with Gasteiger partial charge in [-0.1, -0.05) is 27.7 Å². The molecule has 0 spiro atoms. The van der Waals surface area contributed by atoms with Crippen LogP contribution in [0.1, 0.15) is 73.1 Å². The van der Waals surface area contributed by atoms with E-state index in [1.165, 1.54) is 26.1 Å². The van der Waals surface area contributed by atoms with Crippen molar-refractivity contribution >= 4 is 11.7 Å². The minimum absolute atomic E-state index is 0.0999. The molecular formula is C23H43N3O2. The van der Waals surface area contributed by atoms with E-state index in [9.17, 15) is 9.59 Å². The Morgan fingerprint density at radius 2 is 1.43 bits per heavy atom. The molecule has 5 rings (SSSR count). The summed E-state index contributed by atoms with van der Waals surface area (Å²) in [7, 11) is 0. The van der Waals surface area contributed by atoms with E-state index in [1.807, 2.05) is 27.7 Å². The number of carbonyl (C=O) groups excluding carboxylic acids is 2. The summed E-state index contributed by atoms with van der Waals surface area (Å²) >= 11 is 0. The van der Waals surface area contributed by atoms with E-state index < -0.39 is 0 Å². The summed E-state index contributed by atoms with van der Waals surface area (Å²) in [5.74, 6) is 1.43. The van der Waals surface area contributed by atoms with Gasteiger partial charge in [-0.3, -0.25) is 9.59 Å². The van der Waals surface area contributed by atoms with Crippen LogP contribution < -0.4 is 5.32 Å². The molecule has 2 heterocycles. The number of rotatable bonds is 5. The lowest BCUT2D eigenvalue weighted by Crippen LogP contribution is -2.70. The first-order valence-electron chi connectivity index (χ1n) is 11.8. The zero-order valence-corrected chi connectivity index (χ0v) is 19.0. The van der Waals surface area contributed by atoms with Gasteiger partial charge in [-0.15, -0.1) is 0 Å². The van der Waals surface area contributed by atoms with Crippen LogP contribution in [0.2, 0.25) is 0 Å². The highest BCUT2D eigenvalue weighted by Gasteiger charge is 2.74. The number of hydrogen-bond acceptors (Lipinski definition) is 4. The minimum Gasteiger partial charge on any atom is -0.342 e. The van der Waals surface area contributed by atoms with Gasteiger partial charge < -0.3 is 15.1 Å². The van der Waals surface area contributed by atoms with E-state index in [1.54, 1.807) is 6.92 Å². The Morgan fingerprint density at radius 3 is 1.93 bits per heavy atom. The molecule has 2 aliphatic heterocycles. The molecule has 0 unspecified atom stereocenters. The topological polar surface area (TPSA) is 52.7 Å². The van der Waals surface area contributed by atoms with Gasteiger partial charge in [-0.2, -0.15) is 0 Å². The first kappa shape index (κ1) is 23.3. The molecular weight excluding hydrogens is 350 g/mol. The molecule has 1 amide bonds. The molecule has 5 nitrogen and oxygen atoms in total. The van der Waals surface area contributed by atoms with Crippen LogP contribution in [-0.2, 0) is 9.59 Å². The molecule has 28 heavy (non-hydrogen) atoms. The fourth-order valence-corrected chi connectivity index (χ4v) is 5.45. The Kier molecular flexibility index (Phi) is 8.50. The van der Waals surface area contributed by atoms with E-state index in [4.69, 9.17) is 0 Å². The Morgan fingerprint density at radius 1 is 0.893 bits per heavy atom. The molecule has 3 saturated carbocycles. The maximum absolute atomic E-state index is 12.8. The predicted octanol–water partition coefficient (Wildman–Crippen LogP) is 3.33. The van der Waals surface area contributed by atoms with Crippen LogP contribution >= 0.6 is 0 Å². The van der Waals surface area contributed by atoms with Gasteiger partial charge in [-0.05, 0) is 57.9 Å². The normalized spacial score (nSPS) is 32.0. The number of hydrogen-bond donors (Lipinski definition) is 1. The number of ketones is 1. The molecule has 3 aliphatic carbocycles. The van der Waals surface area contributed by atoms with Crippen molar-refractivity contribution in [1.29, 1.82) is 0 Å². The lowest BCUT2D eigenvalue weighted by Gasteiger charge is -2.68. The second kappa shape index (κ2) is 10.2. The summed E-state index contributed by atoms with van der Waals surface area (Å²) in [5, 5.41) is 3.40. The van der Waals surface area contributed by atoms with Gasteiger partial charge in [0.25, 0.3) is 0 Å². The van der Waals surface area contributed by atoms with Crippen LogP contribution in [0, 0.1) is 16.7 Å². The molecule has 2 saturated heterocycles. The van der Waals surface area contributed by atoms with Gasteiger partial charge in [0.2, 0.25) is 5.91 Å². The van der Waals surface area contributed by atoms with E-state index >= 15 is 0 Å². The lowest BCUT2D eigenvalue weighted by molar-refractivity contribution is -0.213. The monoisotopic (exact) mass is 393 g/mol. The summed E-state index contributed by atoms with van der Waals surface area (Å²) in [6.45, 7) is 17.4. The van der Waals surface area contributed by atoms with Crippen molar-refractivity contribution in [3.05, 3.63) is 0 Å². The van der Waals surface area contributed by atoms with Crippen molar-refractivity contribution in [3.8, 4) is 0 Å². The molecule has 2 bridgehead atoms. The highest BCUT2D eigenvalue weighted by atomic mass is 16.2. The molecule has 0 aromatic rings. The second-order valence-corrected chi connectivity index (χ2v) is 8.76. The number of nitrogens with one attached hydrogen (secondary N) is 1. The Balaban J connectivity index is 0.000000660. The van der Waals surface area contributed by atoms with Crippen molar-refractivity contribution in [2.24, 2.45) is 16.7 Å². The fourth-order valence-electron chi connectivity index (χ4n) is 5.45. The van der Waals surface area contributed by atoms with Crippen molar-refractivity contribution in [1.82, 2.24) is 15.1 Å². The van der Waals surface area contributed by atoms with Gasteiger partial charge in [0.05, 0.1) is 5.41 Å². The number of piperazine rings is 1. The first-order chi connectivity index (χ1) is 13.5. The highest BCUT2D eigenvalue weighted by molar-refractivity contribution is 5.95. The quantitative estimate of drug-likeness (QED) is 0.778. The zero-order chi connectivity index (χ0) is 20.8. The number of Topliss-reactive ketones (excluding diaryl/α,β-unsaturated/α-hetero) is 1. The van der Waals surface area contributed by atoms with Gasteiger partial charge in [0.1, 0.15) is 5.78 Å². The zero-order valence-electron chi connectivity index (χ0n) is 19.0. The number of piperidine rings is 1. The maximum Gasteiger partial charge on any atom is 0.228 e. The summed E-state index contributed by atoms with van der Waals surface area (Å²) in [5.41, 5.74) is -0.239. The Bertz CT molecular complexity index is 500. The Hall–Kier alpha value is -0.940. The first-order valence-corrected chi connectivity index (χ1v) is 11.8. The molecule has 5 fully saturated rings. The molecule has 162 valence electrons. The van der Waals surface area contributed by atoms with Crippen molar-refractivity contribution in [2.45, 2.75) is 73.1 Å². The van der Waals surface area contributed by atoms with Crippen molar-refractivity contribution in [3.63, 3.8) is 0 Å².